The van der Waals surface area contributed by atoms with Gasteiger partial charge in [0.1, 0.15) is 0 Å². The molecule has 2 nitrogen and oxygen atoms in total. The topological polar surface area (TPSA) is 37.3 Å². The van der Waals surface area contributed by atoms with E-state index in [1.54, 1.807) is 12.1 Å². The van der Waals surface area contributed by atoms with Gasteiger partial charge in [-0.1, -0.05) is 23.7 Å². The van der Waals surface area contributed by atoms with Gasteiger partial charge < -0.3 is 5.11 Å². The number of carbonyl (C=O) groups is 1. The monoisotopic (exact) mass is 230 g/mol. The Morgan fingerprint density at radius 2 is 2.29 bits per heavy atom. The summed E-state index contributed by atoms with van der Waals surface area (Å²) in [7, 11) is 0. The second kappa shape index (κ2) is 4.71. The third-order valence-electron chi connectivity index (χ3n) is 2.10. The molecular weight excluding hydrogens is 220 g/mol. The second-order valence-corrected chi connectivity index (χ2v) is 3.82. The van der Waals surface area contributed by atoms with Crippen molar-refractivity contribution in [1.82, 2.24) is 0 Å². The van der Waals surface area contributed by atoms with E-state index < -0.39 is 11.9 Å². The van der Waals surface area contributed by atoms with Crippen LogP contribution in [0.15, 0.2) is 18.2 Å². The number of carboxylic acid groups (broad SMARTS) is 1. The van der Waals surface area contributed by atoms with Gasteiger partial charge in [0.05, 0.1) is 5.92 Å². The van der Waals surface area contributed by atoms with Gasteiger partial charge in [-0.2, -0.15) is 12.6 Å². The lowest BCUT2D eigenvalue weighted by Crippen LogP contribution is -2.14. The molecule has 0 amide bonds. The van der Waals surface area contributed by atoms with Gasteiger partial charge in [-0.3, -0.25) is 4.79 Å². The second-order valence-electron chi connectivity index (χ2n) is 3.04. The molecule has 0 bridgehead atoms. The number of halogens is 1. The standard InChI is InChI=1S/C10H11ClO2S/c1-6-3-2-4-8(11)9(6)7(5-14)10(12)13/h2-4,7,14H,5H2,1H3,(H,12,13). The Bertz CT molecular complexity index is 332. The van der Waals surface area contributed by atoms with Crippen LogP contribution in [0, 0.1) is 6.92 Å². The fraction of sp³-hybridized carbons (Fsp3) is 0.300. The van der Waals surface area contributed by atoms with Crippen molar-refractivity contribution in [1.29, 1.82) is 0 Å². The van der Waals surface area contributed by atoms with Crippen molar-refractivity contribution in [2.24, 2.45) is 0 Å². The summed E-state index contributed by atoms with van der Waals surface area (Å²) in [5.41, 5.74) is 1.55. The van der Waals surface area contributed by atoms with Crippen molar-refractivity contribution >= 4 is 30.2 Å². The van der Waals surface area contributed by atoms with Gasteiger partial charge in [0.15, 0.2) is 0 Å². The Hall–Kier alpha value is -0.670. The molecule has 1 unspecified atom stereocenters. The zero-order chi connectivity index (χ0) is 10.7. The van der Waals surface area contributed by atoms with E-state index in [2.05, 4.69) is 12.6 Å². The molecule has 4 heteroatoms. The summed E-state index contributed by atoms with van der Waals surface area (Å²) in [4.78, 5) is 10.9. The average Bonchev–Trinajstić information content (AvgIpc) is 2.10. The fourth-order valence-corrected chi connectivity index (χ4v) is 2.07. The molecule has 0 aromatic heterocycles. The number of hydrogen-bond donors (Lipinski definition) is 2. The predicted molar refractivity (Wildman–Crippen MR) is 60.4 cm³/mol. The van der Waals surface area contributed by atoms with Crippen LogP contribution < -0.4 is 0 Å². The maximum absolute atomic E-state index is 10.9. The van der Waals surface area contributed by atoms with Crippen LogP contribution in [0.4, 0.5) is 0 Å². The quantitative estimate of drug-likeness (QED) is 0.784. The Kier molecular flexibility index (Phi) is 3.84. The predicted octanol–water partition coefficient (Wildman–Crippen LogP) is 2.75. The van der Waals surface area contributed by atoms with E-state index in [0.29, 0.717) is 10.6 Å². The molecule has 1 atom stereocenters. The number of aliphatic carboxylic acids is 1. The van der Waals surface area contributed by atoms with Crippen LogP contribution in [0.1, 0.15) is 17.0 Å². The van der Waals surface area contributed by atoms with Crippen molar-refractivity contribution in [2.75, 3.05) is 5.75 Å². The molecule has 0 aliphatic rings. The van der Waals surface area contributed by atoms with E-state index in [4.69, 9.17) is 16.7 Å². The Labute approximate surface area is 93.3 Å². The fourth-order valence-electron chi connectivity index (χ4n) is 1.38. The Balaban J connectivity index is 3.22. The number of carboxylic acids is 1. The molecule has 0 aliphatic heterocycles. The maximum atomic E-state index is 10.9. The Morgan fingerprint density at radius 1 is 1.64 bits per heavy atom. The molecule has 14 heavy (non-hydrogen) atoms. The van der Waals surface area contributed by atoms with E-state index >= 15 is 0 Å². The lowest BCUT2D eigenvalue weighted by atomic mass is 9.96. The zero-order valence-corrected chi connectivity index (χ0v) is 9.35. The highest BCUT2D eigenvalue weighted by molar-refractivity contribution is 7.80. The van der Waals surface area contributed by atoms with Crippen molar-refractivity contribution in [2.45, 2.75) is 12.8 Å². The van der Waals surface area contributed by atoms with Gasteiger partial charge in [0, 0.05) is 10.8 Å². The van der Waals surface area contributed by atoms with Gasteiger partial charge in [0.2, 0.25) is 0 Å². The molecule has 0 spiro atoms. The van der Waals surface area contributed by atoms with E-state index in [0.717, 1.165) is 5.56 Å². The zero-order valence-electron chi connectivity index (χ0n) is 7.70. The first-order valence-corrected chi connectivity index (χ1v) is 5.17. The SMILES string of the molecule is Cc1cccc(Cl)c1C(CS)C(=O)O. The molecule has 0 saturated carbocycles. The summed E-state index contributed by atoms with van der Waals surface area (Å²) in [6.45, 7) is 1.85. The van der Waals surface area contributed by atoms with Crippen LogP contribution in [-0.2, 0) is 4.79 Å². The lowest BCUT2D eigenvalue weighted by Gasteiger charge is -2.14. The summed E-state index contributed by atoms with van der Waals surface area (Å²) < 4.78 is 0. The summed E-state index contributed by atoms with van der Waals surface area (Å²) in [5, 5.41) is 9.46. The third kappa shape index (κ3) is 2.22. The van der Waals surface area contributed by atoms with E-state index in [1.165, 1.54) is 0 Å². The largest absolute Gasteiger partial charge is 0.481 e. The van der Waals surface area contributed by atoms with E-state index in [-0.39, 0.29) is 5.75 Å². The summed E-state index contributed by atoms with van der Waals surface area (Å²) in [6.07, 6.45) is 0. The normalized spacial score (nSPS) is 12.5. The van der Waals surface area contributed by atoms with Crippen molar-refractivity contribution < 1.29 is 9.90 Å². The average molecular weight is 231 g/mol. The molecular formula is C10H11ClO2S. The minimum atomic E-state index is -0.892. The first-order valence-electron chi connectivity index (χ1n) is 4.16. The highest BCUT2D eigenvalue weighted by atomic mass is 35.5. The molecule has 1 rings (SSSR count). The smallest absolute Gasteiger partial charge is 0.311 e. The number of thiol groups is 1. The minimum Gasteiger partial charge on any atom is -0.481 e. The molecule has 0 fully saturated rings. The minimum absolute atomic E-state index is 0.250. The highest BCUT2D eigenvalue weighted by Gasteiger charge is 2.22. The molecule has 0 heterocycles. The van der Waals surface area contributed by atoms with Crippen molar-refractivity contribution in [3.63, 3.8) is 0 Å². The third-order valence-corrected chi connectivity index (χ3v) is 2.79. The number of benzene rings is 1. The molecule has 0 aliphatic carbocycles. The number of hydrogen-bond acceptors (Lipinski definition) is 2. The molecule has 0 saturated heterocycles. The van der Waals surface area contributed by atoms with Crippen LogP contribution in [-0.4, -0.2) is 16.8 Å². The van der Waals surface area contributed by atoms with Crippen molar-refractivity contribution in [3.8, 4) is 0 Å². The summed E-state index contributed by atoms with van der Waals surface area (Å²) >= 11 is 9.97. The number of rotatable bonds is 3. The summed E-state index contributed by atoms with van der Waals surface area (Å²) in [5.74, 6) is -1.27. The van der Waals surface area contributed by atoms with Gasteiger partial charge >= 0.3 is 5.97 Å². The van der Waals surface area contributed by atoms with Gasteiger partial charge in [0.25, 0.3) is 0 Å². The maximum Gasteiger partial charge on any atom is 0.311 e. The van der Waals surface area contributed by atoms with Crippen molar-refractivity contribution in [3.05, 3.63) is 34.3 Å². The molecule has 0 radical (unpaired) electrons. The van der Waals surface area contributed by atoms with Crippen LogP contribution in [0.5, 0.6) is 0 Å². The Morgan fingerprint density at radius 3 is 2.71 bits per heavy atom. The summed E-state index contributed by atoms with van der Waals surface area (Å²) in [6, 6.07) is 5.35. The number of aryl methyl sites for hydroxylation is 1. The highest BCUT2D eigenvalue weighted by Crippen LogP contribution is 2.28. The van der Waals surface area contributed by atoms with E-state index in [9.17, 15) is 4.79 Å². The van der Waals surface area contributed by atoms with Gasteiger partial charge in [-0.25, -0.2) is 0 Å². The van der Waals surface area contributed by atoms with E-state index in [1.807, 2.05) is 13.0 Å². The van der Waals surface area contributed by atoms with Gasteiger partial charge in [-0.05, 0) is 24.1 Å². The molecule has 76 valence electrons. The van der Waals surface area contributed by atoms with Gasteiger partial charge in [-0.15, -0.1) is 0 Å². The molecule has 1 aromatic rings. The first kappa shape index (κ1) is 11.4. The van der Waals surface area contributed by atoms with Crippen LogP contribution >= 0.6 is 24.2 Å². The lowest BCUT2D eigenvalue weighted by molar-refractivity contribution is -0.138. The van der Waals surface area contributed by atoms with Crippen LogP contribution in [0.25, 0.3) is 0 Å². The van der Waals surface area contributed by atoms with Crippen LogP contribution in [0.2, 0.25) is 5.02 Å². The molecule has 1 N–H and O–H groups in total. The van der Waals surface area contributed by atoms with Crippen LogP contribution in [0.3, 0.4) is 0 Å². The molecule has 1 aromatic carbocycles. The first-order chi connectivity index (χ1) is 6.57.